The smallest absolute Gasteiger partial charge is 0.286 e. The van der Waals surface area contributed by atoms with Crippen LogP contribution in [0.1, 0.15) is 22.3 Å². The molecule has 0 aromatic heterocycles. The second kappa shape index (κ2) is 4.47. The molecule has 10 heteroatoms. The Morgan fingerprint density at radius 2 is 1.83 bits per heavy atom. The summed E-state index contributed by atoms with van der Waals surface area (Å²) >= 11 is 0. The highest BCUT2D eigenvalue weighted by molar-refractivity contribution is 6.08. The summed E-state index contributed by atoms with van der Waals surface area (Å²) in [5.74, 6) is -7.45. The van der Waals surface area contributed by atoms with E-state index < -0.39 is 41.5 Å². The fourth-order valence-corrected chi connectivity index (χ4v) is 2.72. The van der Waals surface area contributed by atoms with E-state index in [0.717, 1.165) is 12.1 Å². The lowest BCUT2D eigenvalue weighted by molar-refractivity contribution is -0.232. The molecule has 1 aromatic carbocycles. The number of piperidine rings is 1. The number of nitrogens with zero attached hydrogens (tertiary/aromatic N) is 1. The Labute approximate surface area is 128 Å². The zero-order valence-corrected chi connectivity index (χ0v) is 11.5. The number of nitrogens with one attached hydrogen (secondary N) is 1. The van der Waals surface area contributed by atoms with Crippen molar-refractivity contribution in [1.29, 1.82) is 0 Å². The number of benzene rings is 1. The van der Waals surface area contributed by atoms with Crippen molar-refractivity contribution < 1.29 is 34.1 Å². The molecular formula is C13H12FN3O6. The van der Waals surface area contributed by atoms with Crippen LogP contribution in [0, 0.1) is 5.82 Å². The molecule has 1 aromatic rings. The van der Waals surface area contributed by atoms with Crippen LogP contribution >= 0.6 is 0 Å². The summed E-state index contributed by atoms with van der Waals surface area (Å²) in [6.07, 6.45) is -1.15. The largest absolute Gasteiger partial charge is 0.398 e. The highest BCUT2D eigenvalue weighted by Crippen LogP contribution is 2.37. The van der Waals surface area contributed by atoms with Gasteiger partial charge in [-0.1, -0.05) is 0 Å². The minimum Gasteiger partial charge on any atom is -0.398 e. The molecule has 2 aliphatic rings. The number of aliphatic hydroxyl groups is 3. The Hall–Kier alpha value is -2.56. The highest BCUT2D eigenvalue weighted by atomic mass is 19.1. The third kappa shape index (κ3) is 2.07. The lowest BCUT2D eigenvalue weighted by Gasteiger charge is -2.41. The average Bonchev–Trinajstić information content (AvgIpc) is 2.75. The minimum absolute atomic E-state index is 0.0500. The van der Waals surface area contributed by atoms with E-state index in [1.54, 1.807) is 5.32 Å². The van der Waals surface area contributed by atoms with Crippen molar-refractivity contribution in [3.63, 3.8) is 0 Å². The van der Waals surface area contributed by atoms with Crippen molar-refractivity contribution in [2.45, 2.75) is 24.5 Å². The Kier molecular flexibility index (Phi) is 2.98. The fourth-order valence-electron chi connectivity index (χ4n) is 2.72. The van der Waals surface area contributed by atoms with Crippen molar-refractivity contribution in [2.75, 3.05) is 5.73 Å². The minimum atomic E-state index is -3.05. The van der Waals surface area contributed by atoms with Crippen LogP contribution in [0.2, 0.25) is 0 Å². The molecule has 1 unspecified atom stereocenters. The predicted molar refractivity (Wildman–Crippen MR) is 70.6 cm³/mol. The van der Waals surface area contributed by atoms with Crippen molar-refractivity contribution in [3.8, 4) is 0 Å². The van der Waals surface area contributed by atoms with Gasteiger partial charge in [-0.05, 0) is 12.1 Å². The predicted octanol–water partition coefficient (Wildman–Crippen LogP) is -2.22. The summed E-state index contributed by atoms with van der Waals surface area (Å²) < 4.78 is 13.4. The summed E-state index contributed by atoms with van der Waals surface area (Å²) in [5.41, 5.74) is 2.92. The molecule has 1 fully saturated rings. The van der Waals surface area contributed by atoms with Gasteiger partial charge in [0.25, 0.3) is 23.5 Å². The molecule has 1 saturated heterocycles. The molecule has 1 atom stereocenters. The lowest BCUT2D eigenvalue weighted by atomic mass is 9.94. The standard InChI is InChI=1S/C13H12FN3O6/c14-5-1-6-7(8(15)2-5)3-17(9(6)18)12(21)4-13(22,23)11(20)16-10(12)19/h1-2,21-23H,3-4,15H2,(H,16,19,20). The molecule has 2 aliphatic heterocycles. The molecule has 0 aliphatic carbocycles. The van der Waals surface area contributed by atoms with Crippen molar-refractivity contribution in [1.82, 2.24) is 10.2 Å². The van der Waals surface area contributed by atoms with E-state index in [9.17, 15) is 34.1 Å². The molecule has 3 amide bonds. The van der Waals surface area contributed by atoms with Gasteiger partial charge < -0.3 is 21.1 Å². The SMILES string of the molecule is Nc1cc(F)cc2c1CN(C1(O)CC(O)(O)C(=O)NC1=O)C2=O. The molecule has 3 rings (SSSR count). The number of rotatable bonds is 1. The molecule has 23 heavy (non-hydrogen) atoms. The normalized spacial score (nSPS) is 26.3. The average molecular weight is 325 g/mol. The maximum atomic E-state index is 13.4. The number of hydrogen-bond donors (Lipinski definition) is 5. The molecule has 2 heterocycles. The van der Waals surface area contributed by atoms with Crippen LogP contribution in [0.25, 0.3) is 0 Å². The third-order valence-corrected chi connectivity index (χ3v) is 3.93. The summed E-state index contributed by atoms with van der Waals surface area (Å²) in [4.78, 5) is 36.2. The van der Waals surface area contributed by atoms with Crippen LogP contribution in [-0.2, 0) is 16.1 Å². The first-order valence-corrected chi connectivity index (χ1v) is 6.49. The van der Waals surface area contributed by atoms with Gasteiger partial charge in [-0.2, -0.15) is 0 Å². The Bertz CT molecular complexity index is 764. The summed E-state index contributed by atoms with van der Waals surface area (Å²) in [7, 11) is 0. The third-order valence-electron chi connectivity index (χ3n) is 3.93. The zero-order valence-electron chi connectivity index (χ0n) is 11.5. The second-order valence-electron chi connectivity index (χ2n) is 5.51. The number of halogens is 1. The molecular weight excluding hydrogens is 313 g/mol. The van der Waals surface area contributed by atoms with E-state index in [1.807, 2.05) is 0 Å². The first-order valence-electron chi connectivity index (χ1n) is 6.49. The van der Waals surface area contributed by atoms with Gasteiger partial charge in [0.15, 0.2) is 0 Å². The van der Waals surface area contributed by atoms with Gasteiger partial charge in [0.2, 0.25) is 5.72 Å². The number of amides is 3. The van der Waals surface area contributed by atoms with Crippen molar-refractivity contribution >= 4 is 23.4 Å². The van der Waals surface area contributed by atoms with Crippen LogP contribution in [-0.4, -0.2) is 49.5 Å². The van der Waals surface area contributed by atoms with Gasteiger partial charge >= 0.3 is 0 Å². The number of carbonyl (C=O) groups excluding carboxylic acids is 3. The monoisotopic (exact) mass is 325 g/mol. The summed E-state index contributed by atoms with van der Waals surface area (Å²) in [5, 5.41) is 31.2. The molecule has 0 spiro atoms. The number of hydrogen-bond acceptors (Lipinski definition) is 7. The lowest BCUT2D eigenvalue weighted by Crippen LogP contribution is -2.70. The van der Waals surface area contributed by atoms with Crippen LogP contribution in [0.15, 0.2) is 12.1 Å². The second-order valence-corrected chi connectivity index (χ2v) is 5.51. The van der Waals surface area contributed by atoms with E-state index in [1.165, 1.54) is 0 Å². The quantitative estimate of drug-likeness (QED) is 0.223. The molecule has 9 nitrogen and oxygen atoms in total. The van der Waals surface area contributed by atoms with Crippen molar-refractivity contribution in [3.05, 3.63) is 29.1 Å². The van der Waals surface area contributed by atoms with E-state index in [-0.39, 0.29) is 23.4 Å². The van der Waals surface area contributed by atoms with Gasteiger partial charge in [0.05, 0.1) is 13.0 Å². The first-order chi connectivity index (χ1) is 10.6. The maximum absolute atomic E-state index is 13.4. The van der Waals surface area contributed by atoms with Crippen LogP contribution < -0.4 is 11.1 Å². The summed E-state index contributed by atoms with van der Waals surface area (Å²) in [6.45, 7) is -0.353. The Morgan fingerprint density at radius 1 is 1.17 bits per heavy atom. The molecule has 0 saturated carbocycles. The Morgan fingerprint density at radius 3 is 2.48 bits per heavy atom. The van der Waals surface area contributed by atoms with Crippen LogP contribution in [0.5, 0.6) is 0 Å². The number of carbonyl (C=O) groups is 3. The van der Waals surface area contributed by atoms with Gasteiger partial charge in [0.1, 0.15) is 5.82 Å². The first kappa shape index (κ1) is 15.3. The van der Waals surface area contributed by atoms with E-state index in [0.29, 0.717) is 4.90 Å². The fraction of sp³-hybridized carbons (Fsp3) is 0.308. The highest BCUT2D eigenvalue weighted by Gasteiger charge is 2.59. The van der Waals surface area contributed by atoms with E-state index in [4.69, 9.17) is 5.73 Å². The van der Waals surface area contributed by atoms with Crippen molar-refractivity contribution in [2.24, 2.45) is 0 Å². The summed E-state index contributed by atoms with van der Waals surface area (Å²) in [6, 6.07) is 1.88. The molecule has 6 N–H and O–H groups in total. The molecule has 0 radical (unpaired) electrons. The van der Waals surface area contributed by atoms with Gasteiger partial charge in [0, 0.05) is 16.8 Å². The van der Waals surface area contributed by atoms with Gasteiger partial charge in [-0.3, -0.25) is 24.6 Å². The number of fused-ring (bicyclic) bond motifs is 1. The van der Waals surface area contributed by atoms with Crippen LogP contribution in [0.4, 0.5) is 10.1 Å². The number of anilines is 1. The number of imide groups is 1. The molecule has 0 bridgehead atoms. The van der Waals surface area contributed by atoms with E-state index >= 15 is 0 Å². The topological polar surface area (TPSA) is 153 Å². The maximum Gasteiger partial charge on any atom is 0.286 e. The number of nitrogen functional groups attached to an aromatic ring is 1. The Balaban J connectivity index is 2.03. The van der Waals surface area contributed by atoms with Crippen LogP contribution in [0.3, 0.4) is 0 Å². The zero-order chi connectivity index (χ0) is 17.2. The van der Waals surface area contributed by atoms with E-state index in [2.05, 4.69) is 0 Å². The molecule has 122 valence electrons. The number of nitrogens with two attached hydrogens (primary N) is 1. The van der Waals surface area contributed by atoms with Gasteiger partial charge in [-0.15, -0.1) is 0 Å². The van der Waals surface area contributed by atoms with Gasteiger partial charge in [-0.25, -0.2) is 4.39 Å².